The molecule has 0 aliphatic heterocycles. The average molecular weight is 880 g/mol. The molecule has 0 amide bonds. The molecule has 0 bridgehead atoms. The molecule has 4 aromatic carbocycles. The third kappa shape index (κ3) is 15.3. The Morgan fingerprint density at radius 2 is 1.06 bits per heavy atom. The van der Waals surface area contributed by atoms with Crippen molar-refractivity contribution in [1.82, 2.24) is 19.9 Å². The number of halogens is 5. The largest absolute Gasteiger partial charge is 1.00 e. The first kappa shape index (κ1) is 49.7. The van der Waals surface area contributed by atoms with E-state index in [1.807, 2.05) is 24.3 Å². The molecule has 2 aromatic heterocycles. The Morgan fingerprint density at radius 1 is 0.698 bits per heavy atom. The quantitative estimate of drug-likeness (QED) is 0.100. The van der Waals surface area contributed by atoms with Crippen LogP contribution in [0.25, 0.3) is 22.1 Å². The number of primary sulfonamides is 1. The van der Waals surface area contributed by atoms with Crippen LogP contribution in [-0.2, 0) is 29.7 Å². The number of sulfonamides is 2. The zero-order valence-electron chi connectivity index (χ0n) is 29.1. The van der Waals surface area contributed by atoms with Gasteiger partial charge in [0.1, 0.15) is 11.6 Å². The number of aromatic nitrogens is 4. The maximum absolute atomic E-state index is 13.6. The fourth-order valence-electron chi connectivity index (χ4n) is 3.68. The second-order valence-corrected chi connectivity index (χ2v) is 14.1. The Labute approximate surface area is 404 Å². The molecule has 3 N–H and O–H groups in total. The van der Waals surface area contributed by atoms with Crippen LogP contribution in [0.15, 0.2) is 94.7 Å². The summed E-state index contributed by atoms with van der Waals surface area (Å²) in [5, 5.41) is 13.6. The molecule has 2 heterocycles. The SMILES string of the molecule is Cc1ccc(S(=O)(=O)Nc2nc3ccccc3nc2Cl)cc1F.Cc1ccc(S(N)(=O)=O)cc1F.Clc1nc2ccccc2nc1Cl.O=CO[O-].[H-].[K+].[K+]. The van der Waals surface area contributed by atoms with Crippen LogP contribution >= 0.6 is 34.8 Å². The number of nitrogens with zero attached hydrogens (tertiary/aromatic N) is 4. The average Bonchev–Trinajstić information content (AvgIpc) is 3.08. The van der Waals surface area contributed by atoms with E-state index in [0.29, 0.717) is 22.2 Å². The maximum Gasteiger partial charge on any atom is 1.00 e. The predicted molar refractivity (Wildman–Crippen MR) is 187 cm³/mol. The van der Waals surface area contributed by atoms with Crippen LogP contribution in [-0.4, -0.2) is 43.2 Å². The number of hydrogen-bond acceptors (Lipinski definition) is 11. The number of carbonyl (C=O) groups is 1. The number of rotatable bonds is 5. The standard InChI is InChI=1S/C15H11ClFN3O2S.C8H4Cl2N2.C7H8FNO2S.CH2O3.2K.H/c1-9-6-7-10(8-11(9)17)23(21,22)20-15-14(16)18-12-4-2-3-5-13(12)19-15;9-7-8(10)12-6-4-2-1-3-5(6)11-7;1-5-2-3-6(4-7(5)8)12(9,10)11;2-1-4-3;;;/h2-8H,1H3,(H,19,20);1-4H;2-4H,1H3,(H2,9,10,11);1,3H;;;/q;;;;2*+1;-1/p-1. The molecule has 0 spiro atoms. The Kier molecular flexibility index (Phi) is 21.6. The molecule has 53 heavy (non-hydrogen) atoms. The smallest absolute Gasteiger partial charge is 1.00 e. The number of benzene rings is 4. The Balaban J connectivity index is 0.000000775. The van der Waals surface area contributed by atoms with Gasteiger partial charge in [0.25, 0.3) is 16.5 Å². The van der Waals surface area contributed by atoms with Crippen molar-refractivity contribution in [2.24, 2.45) is 5.14 Å². The van der Waals surface area contributed by atoms with E-state index in [-0.39, 0.29) is 142 Å². The third-order valence-corrected chi connectivity index (χ3v) is 9.35. The van der Waals surface area contributed by atoms with Crippen LogP contribution in [0.3, 0.4) is 0 Å². The van der Waals surface area contributed by atoms with Crippen molar-refractivity contribution < 1.29 is 145 Å². The molecule has 6 aromatic rings. The van der Waals surface area contributed by atoms with Crippen LogP contribution in [0.4, 0.5) is 14.6 Å². The number of aryl methyl sites for hydroxylation is 2. The number of anilines is 1. The predicted octanol–water partition coefficient (Wildman–Crippen LogP) is -0.195. The number of para-hydroxylation sites is 4. The normalized spacial score (nSPS) is 10.4. The van der Waals surface area contributed by atoms with Crippen molar-refractivity contribution in [3.63, 3.8) is 0 Å². The number of fused-ring (bicyclic) bond motifs is 2. The fraction of sp³-hybridized carbons (Fsp3) is 0.0645. The third-order valence-electron chi connectivity index (χ3n) is 6.21. The summed E-state index contributed by atoms with van der Waals surface area (Å²) in [7, 11) is -7.80. The van der Waals surface area contributed by atoms with E-state index in [2.05, 4.69) is 29.5 Å². The summed E-state index contributed by atoms with van der Waals surface area (Å²) in [5.74, 6) is -1.28. The molecule has 0 atom stereocenters. The first-order valence-electron chi connectivity index (χ1n) is 13.8. The number of nitrogens with two attached hydrogens (primary N) is 1. The van der Waals surface area contributed by atoms with Gasteiger partial charge in [0, 0.05) is 0 Å². The molecule has 270 valence electrons. The molecule has 6 rings (SSSR count). The zero-order valence-corrected chi connectivity index (χ0v) is 38.2. The molecule has 22 heteroatoms. The molecule has 0 aliphatic rings. The van der Waals surface area contributed by atoms with Gasteiger partial charge in [-0.2, -0.15) is 0 Å². The summed E-state index contributed by atoms with van der Waals surface area (Å²) in [6.45, 7) is 2.91. The van der Waals surface area contributed by atoms with Crippen molar-refractivity contribution in [2.45, 2.75) is 23.6 Å². The summed E-state index contributed by atoms with van der Waals surface area (Å²) >= 11 is 17.3. The van der Waals surface area contributed by atoms with Gasteiger partial charge in [-0.3, -0.25) is 9.52 Å². The van der Waals surface area contributed by atoms with Crippen LogP contribution in [0.5, 0.6) is 0 Å². The first-order chi connectivity index (χ1) is 24.0. The molecule has 0 unspecified atom stereocenters. The summed E-state index contributed by atoms with van der Waals surface area (Å²) in [4.78, 5) is 27.2. The van der Waals surface area contributed by atoms with Gasteiger partial charge in [-0.15, -0.1) is 0 Å². The van der Waals surface area contributed by atoms with Crippen molar-refractivity contribution >= 4 is 89.2 Å². The van der Waals surface area contributed by atoms with E-state index in [4.69, 9.17) is 50.0 Å². The van der Waals surface area contributed by atoms with E-state index in [1.165, 1.54) is 24.3 Å². The van der Waals surface area contributed by atoms with Crippen molar-refractivity contribution in [2.75, 3.05) is 4.72 Å². The molecule has 0 radical (unpaired) electrons. The number of nitrogens with one attached hydrogen (secondary N) is 1. The molecule has 0 saturated carbocycles. The second-order valence-electron chi connectivity index (χ2n) is 9.81. The van der Waals surface area contributed by atoms with Gasteiger partial charge in [-0.05, 0) is 73.5 Å². The van der Waals surface area contributed by atoms with Crippen LogP contribution in [0.1, 0.15) is 12.6 Å². The van der Waals surface area contributed by atoms with Gasteiger partial charge in [-0.1, -0.05) is 71.2 Å². The van der Waals surface area contributed by atoms with Crippen LogP contribution in [0.2, 0.25) is 15.5 Å². The molecule has 0 aliphatic carbocycles. The molecule has 0 fully saturated rings. The molecular formula is C31H25Cl3F2K2N6O7S2. The minimum absolute atomic E-state index is 0. The summed E-state index contributed by atoms with van der Waals surface area (Å²) in [5.41, 5.74) is 3.29. The summed E-state index contributed by atoms with van der Waals surface area (Å²) in [6.07, 6.45) is 0. The van der Waals surface area contributed by atoms with Gasteiger partial charge in [0.15, 0.2) is 21.3 Å². The zero-order chi connectivity index (χ0) is 37.9. The minimum Gasteiger partial charge on any atom is -1.00 e. The maximum atomic E-state index is 13.6. The molecule has 0 saturated heterocycles. The van der Waals surface area contributed by atoms with Crippen molar-refractivity contribution in [3.05, 3.63) is 123 Å². The number of carbonyl (C=O) groups excluding carboxylic acids is 1. The second kappa shape index (κ2) is 23.0. The Bertz CT molecular complexity index is 2390. The van der Waals surface area contributed by atoms with Gasteiger partial charge in [0.05, 0.1) is 31.9 Å². The summed E-state index contributed by atoms with van der Waals surface area (Å²) < 4.78 is 74.7. The van der Waals surface area contributed by atoms with Crippen LogP contribution in [0, 0.1) is 25.5 Å². The van der Waals surface area contributed by atoms with Crippen molar-refractivity contribution in [1.29, 1.82) is 0 Å². The van der Waals surface area contributed by atoms with Crippen molar-refractivity contribution in [3.8, 4) is 0 Å². The topological polar surface area (TPSA) is 207 Å². The molecule has 13 nitrogen and oxygen atoms in total. The van der Waals surface area contributed by atoms with E-state index in [9.17, 15) is 25.6 Å². The van der Waals surface area contributed by atoms with Gasteiger partial charge in [-0.25, -0.2) is 50.7 Å². The van der Waals surface area contributed by atoms with E-state index >= 15 is 0 Å². The minimum atomic E-state index is -4.02. The van der Waals surface area contributed by atoms with Crippen LogP contribution < -0.4 is 118 Å². The van der Waals surface area contributed by atoms with Gasteiger partial charge in [0.2, 0.25) is 10.0 Å². The van der Waals surface area contributed by atoms with E-state index in [0.717, 1.165) is 23.2 Å². The Hall–Kier alpha value is -1.35. The fourth-order valence-corrected chi connectivity index (χ4v) is 5.73. The number of hydrogen-bond donors (Lipinski definition) is 2. The monoisotopic (exact) mass is 878 g/mol. The van der Waals surface area contributed by atoms with E-state index < -0.39 is 31.7 Å². The molecular weight excluding hydrogens is 855 g/mol. The Morgan fingerprint density at radius 3 is 1.43 bits per heavy atom. The van der Waals surface area contributed by atoms with Gasteiger partial charge < -0.3 is 11.6 Å². The first-order valence-corrected chi connectivity index (χ1v) is 17.9. The van der Waals surface area contributed by atoms with E-state index in [1.54, 1.807) is 38.1 Å². The summed E-state index contributed by atoms with van der Waals surface area (Å²) in [6, 6.07) is 21.5. The van der Waals surface area contributed by atoms with Gasteiger partial charge >= 0.3 is 103 Å².